The maximum absolute atomic E-state index is 12.2. The van der Waals surface area contributed by atoms with Gasteiger partial charge in [0.05, 0.1) is 12.3 Å². The van der Waals surface area contributed by atoms with Crippen LogP contribution in [0, 0.1) is 5.92 Å². The molecule has 1 aromatic heterocycles. The fraction of sp³-hybridized carbons (Fsp3) is 0.786. The van der Waals surface area contributed by atoms with Gasteiger partial charge in [0.15, 0.2) is 15.7 Å². The highest BCUT2D eigenvalue weighted by molar-refractivity contribution is 7.92. The molecule has 0 N–H and O–H groups in total. The molecule has 2 heterocycles. The van der Waals surface area contributed by atoms with Crippen LogP contribution < -0.4 is 0 Å². The van der Waals surface area contributed by atoms with Crippen LogP contribution in [0.5, 0.6) is 0 Å². The van der Waals surface area contributed by atoms with Crippen molar-refractivity contribution in [1.82, 2.24) is 19.7 Å². The van der Waals surface area contributed by atoms with Gasteiger partial charge < -0.3 is 9.47 Å². The lowest BCUT2D eigenvalue weighted by Gasteiger charge is -2.28. The summed E-state index contributed by atoms with van der Waals surface area (Å²) < 4.78 is 25.9. The third-order valence-corrected chi connectivity index (χ3v) is 5.44. The van der Waals surface area contributed by atoms with Gasteiger partial charge in [0, 0.05) is 19.0 Å². The van der Waals surface area contributed by atoms with Crippen molar-refractivity contribution in [2.75, 3.05) is 18.1 Å². The van der Waals surface area contributed by atoms with Crippen LogP contribution >= 0.6 is 0 Å². The van der Waals surface area contributed by atoms with Gasteiger partial charge in [0.1, 0.15) is 11.6 Å². The van der Waals surface area contributed by atoms with E-state index >= 15 is 0 Å². The molecule has 124 valence electrons. The standard InChI is InChI=1S/C14H24N4O3S/c1-10(2)8-22(20,21)9-13(19)17-5-6-18-12(7-17)15-16-14(18)11(3)4/h10-11H,5-9H2,1-4H3. The first-order valence-electron chi connectivity index (χ1n) is 7.59. The molecule has 22 heavy (non-hydrogen) atoms. The normalized spacial score (nSPS) is 15.5. The lowest BCUT2D eigenvalue weighted by molar-refractivity contribution is -0.129. The zero-order valence-electron chi connectivity index (χ0n) is 13.6. The largest absolute Gasteiger partial charge is 0.332 e. The molecule has 1 amide bonds. The minimum absolute atomic E-state index is 0.0239. The van der Waals surface area contributed by atoms with Crippen molar-refractivity contribution in [2.45, 2.75) is 46.7 Å². The number of rotatable bonds is 5. The van der Waals surface area contributed by atoms with E-state index in [2.05, 4.69) is 10.2 Å². The molecule has 0 bridgehead atoms. The molecule has 0 saturated carbocycles. The van der Waals surface area contributed by atoms with Gasteiger partial charge in [0.2, 0.25) is 5.91 Å². The minimum Gasteiger partial charge on any atom is -0.332 e. The second-order valence-electron chi connectivity index (χ2n) is 6.54. The van der Waals surface area contributed by atoms with E-state index in [9.17, 15) is 13.2 Å². The van der Waals surface area contributed by atoms with Gasteiger partial charge in [0.25, 0.3) is 0 Å². The Morgan fingerprint density at radius 3 is 2.45 bits per heavy atom. The Morgan fingerprint density at radius 1 is 1.18 bits per heavy atom. The number of aromatic nitrogens is 3. The molecule has 7 nitrogen and oxygen atoms in total. The summed E-state index contributed by atoms with van der Waals surface area (Å²) in [6.07, 6.45) is 0. The van der Waals surface area contributed by atoms with E-state index < -0.39 is 15.6 Å². The molecule has 1 aliphatic heterocycles. The lowest BCUT2D eigenvalue weighted by atomic mass is 10.2. The van der Waals surface area contributed by atoms with Crippen LogP contribution in [-0.4, -0.2) is 52.0 Å². The average Bonchev–Trinajstić information content (AvgIpc) is 2.78. The van der Waals surface area contributed by atoms with Crippen LogP contribution in [0.4, 0.5) is 0 Å². The minimum atomic E-state index is -3.35. The monoisotopic (exact) mass is 328 g/mol. The van der Waals surface area contributed by atoms with E-state index in [0.29, 0.717) is 19.6 Å². The summed E-state index contributed by atoms with van der Waals surface area (Å²) in [4.78, 5) is 13.8. The number of nitrogens with zero attached hydrogens (tertiary/aromatic N) is 4. The van der Waals surface area contributed by atoms with Gasteiger partial charge in [-0.1, -0.05) is 27.7 Å². The van der Waals surface area contributed by atoms with Crippen molar-refractivity contribution < 1.29 is 13.2 Å². The van der Waals surface area contributed by atoms with Crippen LogP contribution in [0.25, 0.3) is 0 Å². The van der Waals surface area contributed by atoms with E-state index in [0.717, 1.165) is 11.6 Å². The number of sulfone groups is 1. The lowest BCUT2D eigenvalue weighted by Crippen LogP contribution is -2.42. The fourth-order valence-electron chi connectivity index (χ4n) is 2.67. The van der Waals surface area contributed by atoms with Gasteiger partial charge in [-0.2, -0.15) is 0 Å². The third kappa shape index (κ3) is 3.85. The first-order chi connectivity index (χ1) is 10.2. The van der Waals surface area contributed by atoms with E-state index in [1.807, 2.05) is 32.3 Å². The topological polar surface area (TPSA) is 85.2 Å². The second kappa shape index (κ2) is 6.36. The van der Waals surface area contributed by atoms with E-state index in [1.54, 1.807) is 4.90 Å². The molecule has 0 spiro atoms. The first-order valence-corrected chi connectivity index (χ1v) is 9.42. The Balaban J connectivity index is 2.05. The van der Waals surface area contributed by atoms with Gasteiger partial charge in [-0.25, -0.2) is 8.42 Å². The maximum Gasteiger partial charge on any atom is 0.238 e. The van der Waals surface area contributed by atoms with Gasteiger partial charge >= 0.3 is 0 Å². The van der Waals surface area contributed by atoms with Crippen molar-refractivity contribution in [3.05, 3.63) is 11.6 Å². The summed E-state index contributed by atoms with van der Waals surface area (Å²) in [5.41, 5.74) is 0. The summed E-state index contributed by atoms with van der Waals surface area (Å²) in [5.74, 6) is 1.21. The SMILES string of the molecule is CC(C)CS(=O)(=O)CC(=O)N1CCn2c(nnc2C(C)C)C1. The van der Waals surface area contributed by atoms with Crippen LogP contribution in [0.2, 0.25) is 0 Å². The Kier molecular flexibility index (Phi) is 4.89. The maximum atomic E-state index is 12.2. The van der Waals surface area contributed by atoms with Crippen molar-refractivity contribution in [3.63, 3.8) is 0 Å². The molecule has 0 aromatic carbocycles. The summed E-state index contributed by atoms with van der Waals surface area (Å²) >= 11 is 0. The van der Waals surface area contributed by atoms with Crippen molar-refractivity contribution in [2.24, 2.45) is 5.92 Å². The smallest absolute Gasteiger partial charge is 0.238 e. The molecule has 0 unspecified atom stereocenters. The van der Waals surface area contributed by atoms with Gasteiger partial charge in [-0.3, -0.25) is 4.79 Å². The highest BCUT2D eigenvalue weighted by Crippen LogP contribution is 2.18. The Hall–Kier alpha value is -1.44. The zero-order valence-corrected chi connectivity index (χ0v) is 14.4. The summed E-state index contributed by atoms with van der Waals surface area (Å²) in [6, 6.07) is 0. The molecule has 0 aliphatic carbocycles. The number of carbonyl (C=O) groups is 1. The van der Waals surface area contributed by atoms with Crippen LogP contribution in [-0.2, 0) is 27.7 Å². The fourth-order valence-corrected chi connectivity index (χ4v) is 4.36. The molecule has 1 aliphatic rings. The zero-order chi connectivity index (χ0) is 16.5. The first kappa shape index (κ1) is 16.9. The molecular formula is C14H24N4O3S. The molecule has 0 saturated heterocycles. The molecular weight excluding hydrogens is 304 g/mol. The molecule has 2 rings (SSSR count). The molecule has 8 heteroatoms. The van der Waals surface area contributed by atoms with Crippen LogP contribution in [0.15, 0.2) is 0 Å². The molecule has 0 atom stereocenters. The van der Waals surface area contributed by atoms with Crippen molar-refractivity contribution in [3.8, 4) is 0 Å². The number of amides is 1. The number of hydrogen-bond acceptors (Lipinski definition) is 5. The summed E-state index contributed by atoms with van der Waals surface area (Å²) in [6.45, 7) is 9.21. The predicted molar refractivity (Wildman–Crippen MR) is 83.0 cm³/mol. The summed E-state index contributed by atoms with van der Waals surface area (Å²) in [5, 5.41) is 8.29. The number of hydrogen-bond donors (Lipinski definition) is 0. The van der Waals surface area contributed by atoms with Gasteiger partial charge in [-0.05, 0) is 5.92 Å². The second-order valence-corrected chi connectivity index (χ2v) is 8.65. The van der Waals surface area contributed by atoms with Crippen LogP contribution in [0.1, 0.15) is 45.3 Å². The van der Waals surface area contributed by atoms with Crippen molar-refractivity contribution >= 4 is 15.7 Å². The van der Waals surface area contributed by atoms with Crippen molar-refractivity contribution in [1.29, 1.82) is 0 Å². The van der Waals surface area contributed by atoms with E-state index in [4.69, 9.17) is 0 Å². The molecule has 0 radical (unpaired) electrons. The Morgan fingerprint density at radius 2 is 1.86 bits per heavy atom. The third-order valence-electron chi connectivity index (χ3n) is 3.58. The van der Waals surface area contributed by atoms with Gasteiger partial charge in [-0.15, -0.1) is 10.2 Å². The highest BCUT2D eigenvalue weighted by atomic mass is 32.2. The predicted octanol–water partition coefficient (Wildman–Crippen LogP) is 0.815. The Labute approximate surface area is 131 Å². The highest BCUT2D eigenvalue weighted by Gasteiger charge is 2.28. The number of fused-ring (bicyclic) bond motifs is 1. The van der Waals surface area contributed by atoms with E-state index in [1.165, 1.54) is 0 Å². The Bertz CT molecular complexity index is 649. The van der Waals surface area contributed by atoms with E-state index in [-0.39, 0.29) is 23.5 Å². The van der Waals surface area contributed by atoms with Crippen LogP contribution in [0.3, 0.4) is 0 Å². The summed E-state index contributed by atoms with van der Waals surface area (Å²) in [7, 11) is -3.35. The average molecular weight is 328 g/mol. The molecule has 1 aromatic rings. The quantitative estimate of drug-likeness (QED) is 0.798. The molecule has 0 fully saturated rings. The number of carbonyl (C=O) groups excluding carboxylic acids is 1.